The van der Waals surface area contributed by atoms with Gasteiger partial charge in [0.05, 0.1) is 6.54 Å². The maximum Gasteiger partial charge on any atom is 0.243 e. The molecule has 3 nitrogen and oxygen atoms in total. The lowest BCUT2D eigenvalue weighted by Crippen LogP contribution is -2.37. The van der Waals surface area contributed by atoms with E-state index in [1.165, 1.54) is 11.3 Å². The standard InChI is InChI=1S/C21H26N2O/c1-15-13-16-9-5-8-12-19(16)23(15)14-20(24)22-18-11-7-6-10-17(18)21(2,3)4/h5-12,15H,13-14H2,1-4H3,(H,22,24). The Bertz CT molecular complexity index is 745. The second-order valence-corrected chi connectivity index (χ2v) is 7.65. The van der Waals surface area contributed by atoms with Crippen molar-refractivity contribution in [2.75, 3.05) is 16.8 Å². The first kappa shape index (κ1) is 16.6. The SMILES string of the molecule is CC1Cc2ccccc2N1CC(=O)Nc1ccccc1C(C)(C)C. The van der Waals surface area contributed by atoms with Gasteiger partial charge in [0.1, 0.15) is 0 Å². The minimum atomic E-state index is -0.00257. The normalized spacial score (nSPS) is 16.8. The molecule has 1 aliphatic rings. The number of nitrogens with zero attached hydrogens (tertiary/aromatic N) is 1. The summed E-state index contributed by atoms with van der Waals surface area (Å²) in [6.45, 7) is 9.05. The van der Waals surface area contributed by atoms with Gasteiger partial charge in [-0.15, -0.1) is 0 Å². The molecule has 3 rings (SSSR count). The monoisotopic (exact) mass is 322 g/mol. The fourth-order valence-electron chi connectivity index (χ4n) is 3.46. The van der Waals surface area contributed by atoms with Crippen molar-refractivity contribution in [3.8, 4) is 0 Å². The Kier molecular flexibility index (Phi) is 4.35. The Morgan fingerprint density at radius 3 is 2.54 bits per heavy atom. The lowest BCUT2D eigenvalue weighted by Gasteiger charge is -2.26. The lowest BCUT2D eigenvalue weighted by atomic mass is 9.86. The summed E-state index contributed by atoms with van der Waals surface area (Å²) < 4.78 is 0. The summed E-state index contributed by atoms with van der Waals surface area (Å²) in [7, 11) is 0. The molecule has 1 N–H and O–H groups in total. The molecule has 0 fully saturated rings. The third kappa shape index (κ3) is 3.30. The number of benzene rings is 2. The molecule has 0 aromatic heterocycles. The first-order valence-corrected chi connectivity index (χ1v) is 8.60. The minimum absolute atomic E-state index is 0.00257. The first-order valence-electron chi connectivity index (χ1n) is 8.60. The third-order valence-electron chi connectivity index (χ3n) is 4.67. The number of rotatable bonds is 3. The molecule has 0 aliphatic carbocycles. The zero-order chi connectivity index (χ0) is 17.3. The van der Waals surface area contributed by atoms with Crippen molar-refractivity contribution in [1.82, 2.24) is 0 Å². The predicted octanol–water partition coefficient (Wildman–Crippen LogP) is 4.37. The maximum atomic E-state index is 12.7. The Labute approximate surface area is 144 Å². The molecule has 1 amide bonds. The topological polar surface area (TPSA) is 32.3 Å². The molecule has 0 saturated heterocycles. The summed E-state index contributed by atoms with van der Waals surface area (Å²) >= 11 is 0. The fraction of sp³-hybridized carbons (Fsp3) is 0.381. The van der Waals surface area contributed by atoms with Crippen molar-refractivity contribution >= 4 is 17.3 Å². The Hall–Kier alpha value is -2.29. The van der Waals surface area contributed by atoms with Crippen molar-refractivity contribution in [1.29, 1.82) is 0 Å². The molecule has 0 spiro atoms. The van der Waals surface area contributed by atoms with Gasteiger partial charge < -0.3 is 10.2 Å². The van der Waals surface area contributed by atoms with Crippen molar-refractivity contribution in [3.05, 3.63) is 59.7 Å². The molecule has 0 radical (unpaired) electrons. The number of nitrogens with one attached hydrogen (secondary N) is 1. The zero-order valence-corrected chi connectivity index (χ0v) is 15.0. The van der Waals surface area contributed by atoms with Crippen LogP contribution >= 0.6 is 0 Å². The Morgan fingerprint density at radius 2 is 1.79 bits per heavy atom. The molecule has 126 valence electrons. The number of amides is 1. The number of fused-ring (bicyclic) bond motifs is 1. The first-order chi connectivity index (χ1) is 11.4. The van der Waals surface area contributed by atoms with E-state index in [2.05, 4.69) is 62.2 Å². The highest BCUT2D eigenvalue weighted by atomic mass is 16.2. The molecular weight excluding hydrogens is 296 g/mol. The van der Waals surface area contributed by atoms with Gasteiger partial charge in [0.15, 0.2) is 0 Å². The van der Waals surface area contributed by atoms with Crippen LogP contribution in [0.2, 0.25) is 0 Å². The fourth-order valence-corrected chi connectivity index (χ4v) is 3.46. The van der Waals surface area contributed by atoms with E-state index in [1.54, 1.807) is 0 Å². The van der Waals surface area contributed by atoms with E-state index in [0.717, 1.165) is 17.7 Å². The van der Waals surface area contributed by atoms with Crippen LogP contribution in [0.1, 0.15) is 38.8 Å². The van der Waals surface area contributed by atoms with Gasteiger partial charge in [-0.3, -0.25) is 4.79 Å². The van der Waals surface area contributed by atoms with Gasteiger partial charge in [0.2, 0.25) is 5.91 Å². The van der Waals surface area contributed by atoms with Crippen LogP contribution in [0.25, 0.3) is 0 Å². The molecule has 0 saturated carbocycles. The Morgan fingerprint density at radius 1 is 1.12 bits per heavy atom. The molecule has 1 heterocycles. The van der Waals surface area contributed by atoms with Crippen molar-refractivity contribution < 1.29 is 4.79 Å². The highest BCUT2D eigenvalue weighted by Gasteiger charge is 2.27. The molecule has 2 aromatic rings. The summed E-state index contributed by atoms with van der Waals surface area (Å²) in [6.07, 6.45) is 1.00. The molecule has 2 aromatic carbocycles. The predicted molar refractivity (Wildman–Crippen MR) is 101 cm³/mol. The highest BCUT2D eigenvalue weighted by Crippen LogP contribution is 2.32. The summed E-state index contributed by atoms with van der Waals surface area (Å²) in [4.78, 5) is 14.8. The molecule has 1 atom stereocenters. The van der Waals surface area contributed by atoms with E-state index in [9.17, 15) is 4.79 Å². The van der Waals surface area contributed by atoms with E-state index in [4.69, 9.17) is 0 Å². The molecule has 1 aliphatic heterocycles. The van der Waals surface area contributed by atoms with E-state index in [-0.39, 0.29) is 11.3 Å². The van der Waals surface area contributed by atoms with E-state index >= 15 is 0 Å². The van der Waals surface area contributed by atoms with Gasteiger partial charge in [-0.05, 0) is 42.0 Å². The quantitative estimate of drug-likeness (QED) is 0.910. The summed E-state index contributed by atoms with van der Waals surface area (Å²) in [6, 6.07) is 16.8. The van der Waals surface area contributed by atoms with Crippen LogP contribution in [-0.4, -0.2) is 18.5 Å². The second-order valence-electron chi connectivity index (χ2n) is 7.65. The second kappa shape index (κ2) is 6.31. The van der Waals surface area contributed by atoms with Gasteiger partial charge in [-0.25, -0.2) is 0 Å². The van der Waals surface area contributed by atoms with Gasteiger partial charge >= 0.3 is 0 Å². The summed E-state index contributed by atoms with van der Waals surface area (Å²) in [5, 5.41) is 3.11. The number of carbonyl (C=O) groups is 1. The third-order valence-corrected chi connectivity index (χ3v) is 4.67. The molecule has 24 heavy (non-hydrogen) atoms. The van der Waals surface area contributed by atoms with E-state index in [0.29, 0.717) is 12.6 Å². The van der Waals surface area contributed by atoms with Gasteiger partial charge in [0, 0.05) is 17.4 Å². The number of hydrogen-bond acceptors (Lipinski definition) is 2. The number of hydrogen-bond donors (Lipinski definition) is 1. The van der Waals surface area contributed by atoms with Crippen LogP contribution in [0.15, 0.2) is 48.5 Å². The van der Waals surface area contributed by atoms with Gasteiger partial charge in [-0.2, -0.15) is 0 Å². The van der Waals surface area contributed by atoms with Crippen LogP contribution in [-0.2, 0) is 16.6 Å². The smallest absolute Gasteiger partial charge is 0.243 e. The van der Waals surface area contributed by atoms with Crippen LogP contribution in [0.3, 0.4) is 0 Å². The summed E-state index contributed by atoms with van der Waals surface area (Å²) in [5.41, 5.74) is 4.58. The summed E-state index contributed by atoms with van der Waals surface area (Å²) in [5.74, 6) is 0.0373. The number of para-hydroxylation sites is 2. The minimum Gasteiger partial charge on any atom is -0.359 e. The van der Waals surface area contributed by atoms with Crippen molar-refractivity contribution in [3.63, 3.8) is 0 Å². The van der Waals surface area contributed by atoms with Crippen LogP contribution < -0.4 is 10.2 Å². The van der Waals surface area contributed by atoms with Crippen LogP contribution in [0.5, 0.6) is 0 Å². The molecule has 3 heteroatoms. The highest BCUT2D eigenvalue weighted by molar-refractivity contribution is 5.95. The Balaban J connectivity index is 1.76. The average Bonchev–Trinajstić information content (AvgIpc) is 2.83. The lowest BCUT2D eigenvalue weighted by molar-refractivity contribution is -0.115. The number of anilines is 2. The maximum absolute atomic E-state index is 12.7. The molecular formula is C21H26N2O. The van der Waals surface area contributed by atoms with Crippen LogP contribution in [0, 0.1) is 0 Å². The largest absolute Gasteiger partial charge is 0.359 e. The average molecular weight is 322 g/mol. The molecule has 0 bridgehead atoms. The zero-order valence-electron chi connectivity index (χ0n) is 15.0. The van der Waals surface area contributed by atoms with Gasteiger partial charge in [0.25, 0.3) is 0 Å². The number of carbonyl (C=O) groups excluding carboxylic acids is 1. The van der Waals surface area contributed by atoms with Crippen molar-refractivity contribution in [2.45, 2.75) is 45.6 Å². The van der Waals surface area contributed by atoms with Crippen molar-refractivity contribution in [2.24, 2.45) is 0 Å². The molecule has 1 unspecified atom stereocenters. The van der Waals surface area contributed by atoms with E-state index < -0.39 is 0 Å². The van der Waals surface area contributed by atoms with E-state index in [1.807, 2.05) is 24.3 Å². The van der Waals surface area contributed by atoms with Gasteiger partial charge in [-0.1, -0.05) is 57.2 Å². The van der Waals surface area contributed by atoms with Crippen LogP contribution in [0.4, 0.5) is 11.4 Å².